The molecule has 20 heavy (non-hydrogen) atoms. The first-order chi connectivity index (χ1) is 9.29. The highest BCUT2D eigenvalue weighted by Crippen LogP contribution is 2.31. The lowest BCUT2D eigenvalue weighted by atomic mass is 10.1. The van der Waals surface area contributed by atoms with Gasteiger partial charge >= 0.3 is 0 Å². The van der Waals surface area contributed by atoms with Crippen LogP contribution in [0.15, 0.2) is 12.1 Å². The highest BCUT2D eigenvalue weighted by Gasteiger charge is 2.19. The molecule has 1 amide bonds. The van der Waals surface area contributed by atoms with Gasteiger partial charge in [-0.05, 0) is 17.7 Å². The molecule has 2 rings (SSSR count). The fourth-order valence-electron chi connectivity index (χ4n) is 1.94. The van der Waals surface area contributed by atoms with Gasteiger partial charge in [-0.15, -0.1) is 0 Å². The maximum absolute atomic E-state index is 11.6. The third-order valence-electron chi connectivity index (χ3n) is 3.13. The largest absolute Gasteiger partial charge is 0.397 e. The van der Waals surface area contributed by atoms with Gasteiger partial charge in [0.15, 0.2) is 0 Å². The highest BCUT2D eigenvalue weighted by atomic mass is 32.2. The Kier molecular flexibility index (Phi) is 3.87. The summed E-state index contributed by atoms with van der Waals surface area (Å²) >= 11 is 0. The summed E-state index contributed by atoms with van der Waals surface area (Å²) in [7, 11) is -0.252. The molecule has 0 radical (unpaired) electrons. The molecule has 8 heteroatoms. The van der Waals surface area contributed by atoms with Crippen molar-refractivity contribution in [2.24, 2.45) is 0 Å². The van der Waals surface area contributed by atoms with Crippen LogP contribution >= 0.6 is 0 Å². The third kappa shape index (κ3) is 3.02. The van der Waals surface area contributed by atoms with Crippen LogP contribution < -0.4 is 16.4 Å². The number of hydrogen-bond acceptors (Lipinski definition) is 5. The monoisotopic (exact) mass is 298 g/mol. The van der Waals surface area contributed by atoms with Crippen molar-refractivity contribution in [3.63, 3.8) is 0 Å². The minimum absolute atomic E-state index is 0.0249. The van der Waals surface area contributed by atoms with Gasteiger partial charge in [0.25, 0.3) is 0 Å². The Morgan fingerprint density at radius 2 is 2.10 bits per heavy atom. The Bertz CT molecular complexity index is 640. The first-order valence-electron chi connectivity index (χ1n) is 6.16. The molecule has 0 bridgehead atoms. The number of hydrogen-bond donors (Lipinski definition) is 3. The fraction of sp³-hybridized carbons (Fsp3) is 0.417. The normalized spacial score (nSPS) is 14.2. The lowest BCUT2D eigenvalue weighted by Crippen LogP contribution is -2.28. The molecule has 0 aromatic heterocycles. The molecule has 0 spiro atoms. The van der Waals surface area contributed by atoms with Crippen molar-refractivity contribution in [1.29, 1.82) is 0 Å². The summed E-state index contributed by atoms with van der Waals surface area (Å²) in [4.78, 5) is 11.3. The van der Waals surface area contributed by atoms with E-state index in [0.717, 1.165) is 11.3 Å². The second-order valence-electron chi connectivity index (χ2n) is 4.85. The quantitative estimate of drug-likeness (QED) is 0.667. The number of nitrogens with one attached hydrogen (secondary N) is 2. The number of nitrogens with zero attached hydrogens (tertiary/aromatic N) is 1. The zero-order valence-electron chi connectivity index (χ0n) is 11.4. The number of rotatable bonds is 5. The number of anilines is 3. The lowest BCUT2D eigenvalue weighted by Gasteiger charge is -2.14. The van der Waals surface area contributed by atoms with Gasteiger partial charge in [0.2, 0.25) is 15.9 Å². The molecule has 1 aliphatic heterocycles. The fourth-order valence-corrected chi connectivity index (χ4v) is 2.67. The van der Waals surface area contributed by atoms with Crippen LogP contribution in [0.2, 0.25) is 0 Å². The molecule has 1 aromatic rings. The van der Waals surface area contributed by atoms with Gasteiger partial charge in [-0.25, -0.2) is 12.7 Å². The van der Waals surface area contributed by atoms with E-state index in [4.69, 9.17) is 5.73 Å². The molecule has 0 saturated heterocycles. The molecular weight excluding hydrogens is 280 g/mol. The topological polar surface area (TPSA) is 105 Å². The van der Waals surface area contributed by atoms with Crippen molar-refractivity contribution in [1.82, 2.24) is 4.31 Å². The van der Waals surface area contributed by atoms with Gasteiger partial charge in [0, 0.05) is 26.3 Å². The van der Waals surface area contributed by atoms with E-state index >= 15 is 0 Å². The summed E-state index contributed by atoms with van der Waals surface area (Å²) in [5.41, 5.74) is 8.60. The van der Waals surface area contributed by atoms with Gasteiger partial charge in [0.05, 0.1) is 23.5 Å². The van der Waals surface area contributed by atoms with Crippen molar-refractivity contribution < 1.29 is 13.2 Å². The van der Waals surface area contributed by atoms with Gasteiger partial charge in [-0.3, -0.25) is 4.79 Å². The summed E-state index contributed by atoms with van der Waals surface area (Å²) in [6, 6.07) is 3.47. The van der Waals surface area contributed by atoms with E-state index in [1.165, 1.54) is 18.4 Å². The molecule has 0 saturated carbocycles. The highest BCUT2D eigenvalue weighted by molar-refractivity contribution is 7.89. The van der Waals surface area contributed by atoms with Crippen molar-refractivity contribution in [2.75, 3.05) is 42.8 Å². The van der Waals surface area contributed by atoms with Crippen LogP contribution in [-0.4, -0.2) is 45.0 Å². The number of nitrogens with two attached hydrogens (primary N) is 1. The van der Waals surface area contributed by atoms with E-state index in [9.17, 15) is 13.2 Å². The predicted octanol–water partition coefficient (Wildman–Crippen LogP) is 0.0667. The average molecular weight is 298 g/mol. The van der Waals surface area contributed by atoms with Crippen molar-refractivity contribution in [2.45, 2.75) is 6.42 Å². The Balaban J connectivity index is 2.05. The molecule has 0 atom stereocenters. The second-order valence-corrected chi connectivity index (χ2v) is 7.15. The van der Waals surface area contributed by atoms with Crippen LogP contribution in [0.1, 0.15) is 5.56 Å². The summed E-state index contributed by atoms with van der Waals surface area (Å²) in [6.45, 7) is 0.247. The standard InChI is InChI=1S/C12H18N4O3S/c1-16(2)20(18,19)4-3-14-11-7-10-8(5-9(11)13)6-12(17)15-10/h5,7,14H,3-4,6,13H2,1-2H3,(H,15,17). The van der Waals surface area contributed by atoms with Crippen molar-refractivity contribution in [3.05, 3.63) is 17.7 Å². The van der Waals surface area contributed by atoms with E-state index in [2.05, 4.69) is 10.6 Å². The smallest absolute Gasteiger partial charge is 0.228 e. The van der Waals surface area contributed by atoms with Gasteiger partial charge < -0.3 is 16.4 Å². The van der Waals surface area contributed by atoms with Crippen LogP contribution in [0, 0.1) is 0 Å². The summed E-state index contributed by atoms with van der Waals surface area (Å²) in [5, 5.41) is 5.72. The zero-order valence-corrected chi connectivity index (χ0v) is 12.3. The molecule has 7 nitrogen and oxygen atoms in total. The third-order valence-corrected chi connectivity index (χ3v) is 4.96. The Morgan fingerprint density at radius 3 is 2.75 bits per heavy atom. The van der Waals surface area contributed by atoms with Crippen molar-refractivity contribution >= 4 is 33.0 Å². The van der Waals surface area contributed by atoms with Crippen molar-refractivity contribution in [3.8, 4) is 0 Å². The SMILES string of the molecule is CN(C)S(=O)(=O)CCNc1cc2c(cc1N)CC(=O)N2. The van der Waals surface area contributed by atoms with E-state index in [1.54, 1.807) is 12.1 Å². The number of carbonyl (C=O) groups is 1. The first-order valence-corrected chi connectivity index (χ1v) is 7.77. The van der Waals surface area contributed by atoms with Crippen LogP contribution in [0.25, 0.3) is 0 Å². The Hall–Kier alpha value is -1.80. The molecule has 1 aromatic carbocycles. The van der Waals surface area contributed by atoms with Crippen LogP contribution in [0.3, 0.4) is 0 Å². The van der Waals surface area contributed by atoms with Crippen LogP contribution in [0.4, 0.5) is 17.1 Å². The molecule has 110 valence electrons. The minimum atomic E-state index is -3.24. The predicted molar refractivity (Wildman–Crippen MR) is 79.2 cm³/mol. The molecule has 0 fully saturated rings. The van der Waals surface area contributed by atoms with E-state index in [-0.39, 0.29) is 18.2 Å². The zero-order chi connectivity index (χ0) is 14.9. The van der Waals surface area contributed by atoms with Gasteiger partial charge in [0.1, 0.15) is 0 Å². The second kappa shape index (κ2) is 5.29. The summed E-state index contributed by atoms with van der Waals surface area (Å²) in [6.07, 6.45) is 0.328. The lowest BCUT2D eigenvalue weighted by molar-refractivity contribution is -0.115. The van der Waals surface area contributed by atoms with E-state index in [1.807, 2.05) is 0 Å². The van der Waals surface area contributed by atoms with E-state index < -0.39 is 10.0 Å². The maximum atomic E-state index is 11.6. The number of fused-ring (bicyclic) bond motifs is 1. The van der Waals surface area contributed by atoms with Crippen LogP contribution in [-0.2, 0) is 21.2 Å². The molecule has 0 unspecified atom stereocenters. The Morgan fingerprint density at radius 1 is 1.40 bits per heavy atom. The minimum Gasteiger partial charge on any atom is -0.397 e. The molecule has 4 N–H and O–H groups in total. The summed E-state index contributed by atoms with van der Waals surface area (Å²) < 4.78 is 24.4. The number of amides is 1. The molecular formula is C12H18N4O3S. The number of carbonyl (C=O) groups excluding carboxylic acids is 1. The number of benzene rings is 1. The van der Waals surface area contributed by atoms with Gasteiger partial charge in [-0.2, -0.15) is 0 Å². The molecule has 1 aliphatic rings. The van der Waals surface area contributed by atoms with Gasteiger partial charge in [-0.1, -0.05) is 0 Å². The molecule has 1 heterocycles. The Labute approximate surface area is 118 Å². The van der Waals surface area contributed by atoms with Crippen LogP contribution in [0.5, 0.6) is 0 Å². The maximum Gasteiger partial charge on any atom is 0.228 e. The summed E-state index contributed by atoms with van der Waals surface area (Å²) in [5.74, 6) is -0.0881. The number of sulfonamides is 1. The average Bonchev–Trinajstić information content (AvgIpc) is 2.68. The molecule has 0 aliphatic carbocycles. The van der Waals surface area contributed by atoms with E-state index in [0.29, 0.717) is 17.8 Å². The number of nitrogen functional groups attached to an aromatic ring is 1. The first kappa shape index (κ1) is 14.6.